The molecule has 0 bridgehead atoms. The fraction of sp³-hybridized carbons (Fsp3) is 0.0732. The number of hydrogen-bond acceptors (Lipinski definition) is 0. The fourth-order valence-electron chi connectivity index (χ4n) is 5.06. The van der Waals surface area contributed by atoms with E-state index in [1.807, 2.05) is 30.3 Å². The van der Waals surface area contributed by atoms with Crippen LogP contribution in [-0.4, -0.2) is 15.5 Å². The average Bonchev–Trinajstić information content (AvgIpc) is 3.64. The van der Waals surface area contributed by atoms with Crippen LogP contribution in [0.1, 0.15) is 23.6 Å². The monoisotopic (exact) mass is 738 g/mol. The molecule has 0 amide bonds. The quantitative estimate of drug-likeness (QED) is 0.125. The van der Waals surface area contributed by atoms with Gasteiger partial charge in [-0.25, -0.2) is 0 Å². The van der Waals surface area contributed by atoms with Gasteiger partial charge in [0.1, 0.15) is 0 Å². The van der Waals surface area contributed by atoms with E-state index in [9.17, 15) is 0 Å². The third kappa shape index (κ3) is 9.13. The van der Waals surface area contributed by atoms with Crippen LogP contribution in [0, 0.1) is 20.8 Å². The van der Waals surface area contributed by atoms with Gasteiger partial charge in [-0.05, 0) is 11.1 Å². The van der Waals surface area contributed by atoms with Crippen LogP contribution in [-0.2, 0) is 25.8 Å². The number of fused-ring (bicyclic) bond motifs is 2. The van der Waals surface area contributed by atoms with Crippen molar-refractivity contribution in [3.63, 3.8) is 0 Å². The minimum Gasteiger partial charge on any atom is -0.346 e. The number of hydrogen-bond donors (Lipinski definition) is 0. The van der Waals surface area contributed by atoms with E-state index in [0.29, 0.717) is 0 Å². The Balaban J connectivity index is 0.000000178. The van der Waals surface area contributed by atoms with E-state index in [2.05, 4.69) is 148 Å². The Morgan fingerprint density at radius 3 is 1.23 bits per heavy atom. The van der Waals surface area contributed by atoms with Gasteiger partial charge in [-0.3, -0.25) is 0 Å². The summed E-state index contributed by atoms with van der Waals surface area (Å²) in [7, 11) is 1.73. The Labute approximate surface area is 279 Å². The first kappa shape index (κ1) is 33.8. The smallest absolute Gasteiger partial charge is 0.346 e. The maximum absolute atomic E-state index is 3.25. The van der Waals surface area contributed by atoms with Crippen molar-refractivity contribution in [1.29, 1.82) is 0 Å². The van der Waals surface area contributed by atoms with Crippen molar-refractivity contribution in [2.45, 2.75) is 20.8 Å². The van der Waals surface area contributed by atoms with Gasteiger partial charge >= 0.3 is 25.8 Å². The zero-order chi connectivity index (χ0) is 29.7. The fourth-order valence-corrected chi connectivity index (χ4v) is 5.30. The van der Waals surface area contributed by atoms with Gasteiger partial charge in [-0.15, -0.1) is 81.2 Å². The first-order valence-electron chi connectivity index (χ1n) is 14.3. The van der Waals surface area contributed by atoms with E-state index in [1.54, 1.807) is 16.8 Å². The predicted octanol–water partition coefficient (Wildman–Crippen LogP) is 10.3. The minimum absolute atomic E-state index is 0. The largest absolute Gasteiger partial charge is 4.00 e. The summed E-state index contributed by atoms with van der Waals surface area (Å²) in [6.45, 7) is 9.30. The second-order valence-corrected chi connectivity index (χ2v) is 10.3. The normalized spacial score (nSPS) is 9.77. The Morgan fingerprint density at radius 2 is 0.884 bits per heavy atom. The molecule has 0 aliphatic heterocycles. The van der Waals surface area contributed by atoms with Gasteiger partial charge in [-0.1, -0.05) is 114 Å². The molecule has 0 nitrogen and oxygen atoms in total. The number of aryl methyl sites for hydroxylation is 2. The summed E-state index contributed by atoms with van der Waals surface area (Å²) in [4.78, 5) is 0. The van der Waals surface area contributed by atoms with Crippen molar-refractivity contribution in [2.24, 2.45) is 0 Å². The van der Waals surface area contributed by atoms with E-state index in [0.717, 1.165) is 0 Å². The van der Waals surface area contributed by atoms with Crippen molar-refractivity contribution < 1.29 is 25.8 Å². The first-order chi connectivity index (χ1) is 20.6. The van der Waals surface area contributed by atoms with Crippen LogP contribution in [0.5, 0.6) is 0 Å². The molecule has 0 radical (unpaired) electrons. The molecule has 0 atom stereocenters. The molecule has 7 rings (SSSR count). The summed E-state index contributed by atoms with van der Waals surface area (Å²) < 4.78 is 0. The van der Waals surface area contributed by atoms with Crippen LogP contribution in [0.4, 0.5) is 0 Å². The van der Waals surface area contributed by atoms with Gasteiger partial charge in [0.2, 0.25) is 0 Å². The van der Waals surface area contributed by atoms with Crippen LogP contribution < -0.4 is 0 Å². The van der Waals surface area contributed by atoms with Gasteiger partial charge in [-0.2, -0.15) is 42.4 Å². The van der Waals surface area contributed by atoms with Gasteiger partial charge in [0.15, 0.2) is 0 Å². The van der Waals surface area contributed by atoms with E-state index in [-0.39, 0.29) is 25.8 Å². The summed E-state index contributed by atoms with van der Waals surface area (Å²) in [5.41, 5.74) is 12.1. The van der Waals surface area contributed by atoms with E-state index < -0.39 is 0 Å². The molecule has 0 saturated carbocycles. The molecule has 0 N–H and O–H groups in total. The summed E-state index contributed by atoms with van der Waals surface area (Å²) >= 11 is 0. The average molecular weight is 737 g/mol. The molecule has 43 heavy (non-hydrogen) atoms. The molecular formula is C41H38HfSi. The number of benzene rings is 5. The summed E-state index contributed by atoms with van der Waals surface area (Å²) in [6.07, 6.45) is 0. The van der Waals surface area contributed by atoms with Crippen molar-refractivity contribution in [1.82, 2.24) is 0 Å². The van der Waals surface area contributed by atoms with Crippen LogP contribution in [0.15, 0.2) is 152 Å². The molecule has 210 valence electrons. The van der Waals surface area contributed by atoms with E-state index >= 15 is 0 Å². The third-order valence-electron chi connectivity index (χ3n) is 6.94. The van der Waals surface area contributed by atoms with Crippen molar-refractivity contribution >= 4 is 37.1 Å². The van der Waals surface area contributed by atoms with Crippen LogP contribution in [0.3, 0.4) is 0 Å². The third-order valence-corrected chi connectivity index (χ3v) is 7.35. The molecule has 0 fully saturated rings. The number of rotatable bonds is 3. The van der Waals surface area contributed by atoms with Gasteiger partial charge in [0.05, 0.1) is 0 Å². The van der Waals surface area contributed by atoms with Crippen molar-refractivity contribution in [3.05, 3.63) is 175 Å². The molecule has 0 heterocycles. The summed E-state index contributed by atoms with van der Waals surface area (Å²) in [5.74, 6) is 0. The molecule has 0 saturated heterocycles. The molecule has 0 aliphatic carbocycles. The van der Waals surface area contributed by atoms with Crippen LogP contribution in [0.2, 0.25) is 0 Å². The van der Waals surface area contributed by atoms with Crippen LogP contribution in [0.25, 0.3) is 43.8 Å². The predicted molar refractivity (Wildman–Crippen MR) is 190 cm³/mol. The SMILES string of the molecule is Cc1cc2c(-c3ccccc3)cccc2[cH-]1.Cc1cc2c(-c3ccccc3)cccc2[cH-]1.[CH2-]C.[Hf+4].[SiH2]=[C-]c1ccccc1. The zero-order valence-corrected chi connectivity index (χ0v) is 30.4. The molecule has 0 aromatic heterocycles. The molecule has 7 aromatic rings. The second kappa shape index (κ2) is 17.4. The molecule has 0 unspecified atom stereocenters. The molecule has 0 spiro atoms. The van der Waals surface area contributed by atoms with Gasteiger partial charge in [0.25, 0.3) is 0 Å². The molecule has 7 aromatic carbocycles. The Kier molecular flexibility index (Phi) is 13.7. The Bertz CT molecular complexity index is 1690. The van der Waals surface area contributed by atoms with Crippen LogP contribution >= 0.6 is 0 Å². The minimum atomic E-state index is 0. The first-order valence-corrected chi connectivity index (χ1v) is 15.0. The zero-order valence-electron chi connectivity index (χ0n) is 25.3. The molecular weight excluding hydrogens is 699 g/mol. The molecule has 0 aliphatic rings. The van der Waals surface area contributed by atoms with E-state index in [1.165, 1.54) is 60.5 Å². The summed E-state index contributed by atoms with van der Waals surface area (Å²) in [5, 5.41) is 5.37. The second-order valence-electron chi connectivity index (χ2n) is 9.96. The maximum atomic E-state index is 3.25. The van der Waals surface area contributed by atoms with E-state index in [4.69, 9.17) is 0 Å². The Hall–Kier alpha value is -3.72. The maximum Gasteiger partial charge on any atom is 4.00 e. The topological polar surface area (TPSA) is 0 Å². The van der Waals surface area contributed by atoms with Gasteiger partial charge in [0, 0.05) is 0 Å². The van der Waals surface area contributed by atoms with Gasteiger partial charge < -0.3 is 6.92 Å². The van der Waals surface area contributed by atoms with Crippen molar-refractivity contribution in [3.8, 4) is 22.3 Å². The van der Waals surface area contributed by atoms with Crippen molar-refractivity contribution in [2.75, 3.05) is 0 Å². The summed E-state index contributed by atoms with van der Waals surface area (Å²) in [6, 6.07) is 53.2. The Morgan fingerprint density at radius 1 is 0.512 bits per heavy atom. The molecule has 2 heteroatoms. The standard InChI is InChI=1S/2C16H13.C7H7Si.C2H5.Hf/c2*1-12-10-14-8-5-9-15(16(14)11-12)13-6-3-2-4-7-13;8-6-7-4-2-1-3-5-7;1-2;/h2*2-11H,1H3;1-5H,8H2;1H2,2H3;/q4*-1;+4.